The van der Waals surface area contributed by atoms with E-state index in [9.17, 15) is 13.2 Å². The lowest BCUT2D eigenvalue weighted by Crippen LogP contribution is -2.36. The van der Waals surface area contributed by atoms with Gasteiger partial charge in [0.15, 0.2) is 12.6 Å². The van der Waals surface area contributed by atoms with Crippen molar-refractivity contribution in [1.29, 1.82) is 0 Å². The lowest BCUT2D eigenvalue weighted by Gasteiger charge is -2.15. The van der Waals surface area contributed by atoms with Gasteiger partial charge in [-0.1, -0.05) is 24.3 Å². The fourth-order valence-electron chi connectivity index (χ4n) is 2.27. The SMILES string of the molecule is CN=C(NCc1ccccc1OC)NCc1cccnc1OCC(F)(F)F.I. The molecule has 0 fully saturated rings. The highest BCUT2D eigenvalue weighted by Gasteiger charge is 2.29. The van der Waals surface area contributed by atoms with Gasteiger partial charge in [-0.2, -0.15) is 13.2 Å². The summed E-state index contributed by atoms with van der Waals surface area (Å²) < 4.78 is 47.1. The largest absolute Gasteiger partial charge is 0.496 e. The third-order valence-electron chi connectivity index (χ3n) is 3.53. The number of alkyl halides is 3. The van der Waals surface area contributed by atoms with Gasteiger partial charge in [-0.25, -0.2) is 4.98 Å². The van der Waals surface area contributed by atoms with Crippen molar-refractivity contribution in [2.75, 3.05) is 20.8 Å². The molecule has 0 radical (unpaired) electrons. The smallest absolute Gasteiger partial charge is 0.422 e. The predicted octanol–water partition coefficient (Wildman–Crippen LogP) is 3.51. The van der Waals surface area contributed by atoms with Crippen LogP contribution in [0.3, 0.4) is 0 Å². The molecule has 28 heavy (non-hydrogen) atoms. The Balaban J connectivity index is 0.00000392. The van der Waals surface area contributed by atoms with Gasteiger partial charge in [-0.05, 0) is 12.1 Å². The number of ether oxygens (including phenoxy) is 2. The fraction of sp³-hybridized carbons (Fsp3) is 0.333. The van der Waals surface area contributed by atoms with Crippen LogP contribution in [-0.2, 0) is 13.1 Å². The van der Waals surface area contributed by atoms with E-state index < -0.39 is 12.8 Å². The monoisotopic (exact) mass is 510 g/mol. The van der Waals surface area contributed by atoms with Crippen LogP contribution < -0.4 is 20.1 Å². The van der Waals surface area contributed by atoms with E-state index in [2.05, 4.69) is 20.6 Å². The first-order valence-electron chi connectivity index (χ1n) is 8.13. The number of rotatable bonds is 7. The van der Waals surface area contributed by atoms with E-state index in [-0.39, 0.29) is 36.4 Å². The minimum atomic E-state index is -4.42. The zero-order valence-corrected chi connectivity index (χ0v) is 17.7. The van der Waals surface area contributed by atoms with Gasteiger partial charge >= 0.3 is 6.18 Å². The third-order valence-corrected chi connectivity index (χ3v) is 3.53. The molecule has 10 heteroatoms. The molecule has 0 aliphatic heterocycles. The fourth-order valence-corrected chi connectivity index (χ4v) is 2.27. The predicted molar refractivity (Wildman–Crippen MR) is 111 cm³/mol. The summed E-state index contributed by atoms with van der Waals surface area (Å²) in [5.41, 5.74) is 1.43. The first-order valence-corrected chi connectivity index (χ1v) is 8.13. The highest BCUT2D eigenvalue weighted by atomic mass is 127. The van der Waals surface area contributed by atoms with E-state index in [0.29, 0.717) is 18.1 Å². The van der Waals surface area contributed by atoms with Gasteiger partial charge < -0.3 is 20.1 Å². The summed E-state index contributed by atoms with van der Waals surface area (Å²) in [6.45, 7) is -0.724. The van der Waals surface area contributed by atoms with Crippen LogP contribution in [0.25, 0.3) is 0 Å². The van der Waals surface area contributed by atoms with Gasteiger partial charge in [-0.15, -0.1) is 24.0 Å². The number of para-hydroxylation sites is 1. The maximum absolute atomic E-state index is 12.4. The Kier molecular flexibility index (Phi) is 9.83. The van der Waals surface area contributed by atoms with E-state index >= 15 is 0 Å². The molecular weight excluding hydrogens is 488 g/mol. The number of aromatic nitrogens is 1. The Bertz CT molecular complexity index is 772. The van der Waals surface area contributed by atoms with Crippen LogP contribution in [0.5, 0.6) is 11.6 Å². The number of guanidine groups is 1. The van der Waals surface area contributed by atoms with Crippen LogP contribution in [0.2, 0.25) is 0 Å². The highest BCUT2D eigenvalue weighted by molar-refractivity contribution is 14.0. The number of aliphatic imine (C=N–C) groups is 1. The Morgan fingerprint density at radius 2 is 1.71 bits per heavy atom. The minimum absolute atomic E-state index is 0. The van der Waals surface area contributed by atoms with Gasteiger partial charge in [0.1, 0.15) is 5.75 Å². The minimum Gasteiger partial charge on any atom is -0.496 e. The summed E-state index contributed by atoms with van der Waals surface area (Å²) in [7, 11) is 3.19. The molecule has 2 aromatic rings. The van der Waals surface area contributed by atoms with Crippen molar-refractivity contribution in [3.8, 4) is 11.6 Å². The summed E-state index contributed by atoms with van der Waals surface area (Å²) in [5.74, 6) is 1.16. The van der Waals surface area contributed by atoms with Gasteiger partial charge in [0, 0.05) is 37.5 Å². The molecule has 2 rings (SSSR count). The quantitative estimate of drug-likeness (QED) is 0.339. The molecule has 0 atom stereocenters. The molecule has 0 aliphatic carbocycles. The Morgan fingerprint density at radius 1 is 1.07 bits per heavy atom. The van der Waals surface area contributed by atoms with Crippen molar-refractivity contribution in [3.63, 3.8) is 0 Å². The molecular formula is C18H22F3IN4O2. The number of pyridine rings is 1. The first kappa shape index (κ1) is 23.8. The molecule has 1 aromatic heterocycles. The van der Waals surface area contributed by atoms with Crippen molar-refractivity contribution in [2.45, 2.75) is 19.3 Å². The van der Waals surface area contributed by atoms with Crippen LogP contribution in [-0.4, -0.2) is 37.9 Å². The number of nitrogens with zero attached hydrogens (tertiary/aromatic N) is 2. The number of methoxy groups -OCH3 is 1. The lowest BCUT2D eigenvalue weighted by atomic mass is 10.2. The number of hydrogen-bond donors (Lipinski definition) is 2. The summed E-state index contributed by atoms with van der Waals surface area (Å²) in [6.07, 6.45) is -3.04. The maximum Gasteiger partial charge on any atom is 0.422 e. The molecule has 0 unspecified atom stereocenters. The zero-order valence-electron chi connectivity index (χ0n) is 15.4. The average Bonchev–Trinajstić information content (AvgIpc) is 2.66. The number of nitrogens with one attached hydrogen (secondary N) is 2. The van der Waals surface area contributed by atoms with Gasteiger partial charge in [0.25, 0.3) is 0 Å². The Labute approximate surface area is 178 Å². The van der Waals surface area contributed by atoms with Crippen LogP contribution in [0.4, 0.5) is 13.2 Å². The molecule has 0 saturated heterocycles. The highest BCUT2D eigenvalue weighted by Crippen LogP contribution is 2.20. The second-order valence-corrected chi connectivity index (χ2v) is 5.46. The standard InChI is InChI=1S/C18H21F3N4O2.HI/c1-22-17(24-10-13-6-3-4-8-15(13)26-2)25-11-14-7-5-9-23-16(14)27-12-18(19,20)21;/h3-9H,10-12H2,1-2H3,(H2,22,24,25);1H. The van der Waals surface area contributed by atoms with Crippen LogP contribution in [0, 0.1) is 0 Å². The van der Waals surface area contributed by atoms with Crippen molar-refractivity contribution in [2.24, 2.45) is 4.99 Å². The normalized spacial score (nSPS) is 11.4. The van der Waals surface area contributed by atoms with E-state index in [0.717, 1.165) is 11.3 Å². The Morgan fingerprint density at radius 3 is 2.36 bits per heavy atom. The molecule has 2 N–H and O–H groups in total. The van der Waals surface area contributed by atoms with E-state index in [1.807, 2.05) is 24.3 Å². The lowest BCUT2D eigenvalue weighted by molar-refractivity contribution is -0.154. The molecule has 0 amide bonds. The Hall–Kier alpha value is -2.24. The van der Waals surface area contributed by atoms with Crippen LogP contribution in [0.1, 0.15) is 11.1 Å². The number of halogens is 4. The van der Waals surface area contributed by atoms with Crippen molar-refractivity contribution < 1.29 is 22.6 Å². The van der Waals surface area contributed by atoms with Crippen LogP contribution >= 0.6 is 24.0 Å². The first-order chi connectivity index (χ1) is 12.9. The average molecular weight is 510 g/mol. The zero-order chi connectivity index (χ0) is 19.7. The van der Waals surface area contributed by atoms with E-state index in [1.165, 1.54) is 6.20 Å². The summed E-state index contributed by atoms with van der Waals surface area (Å²) >= 11 is 0. The third kappa shape index (κ3) is 7.79. The van der Waals surface area contributed by atoms with Crippen molar-refractivity contribution in [1.82, 2.24) is 15.6 Å². The second-order valence-electron chi connectivity index (χ2n) is 5.46. The summed E-state index contributed by atoms with van der Waals surface area (Å²) in [6, 6.07) is 10.8. The molecule has 6 nitrogen and oxygen atoms in total. The second kappa shape index (κ2) is 11.6. The van der Waals surface area contributed by atoms with E-state index in [4.69, 9.17) is 9.47 Å². The molecule has 0 spiro atoms. The van der Waals surface area contributed by atoms with Crippen LogP contribution in [0.15, 0.2) is 47.6 Å². The molecule has 0 aliphatic rings. The van der Waals surface area contributed by atoms with E-state index in [1.54, 1.807) is 26.3 Å². The molecule has 0 bridgehead atoms. The molecule has 1 heterocycles. The van der Waals surface area contributed by atoms with Crippen molar-refractivity contribution >= 4 is 29.9 Å². The number of hydrogen-bond acceptors (Lipinski definition) is 4. The summed E-state index contributed by atoms with van der Waals surface area (Å²) in [5, 5.41) is 6.15. The molecule has 1 aromatic carbocycles. The molecule has 154 valence electrons. The van der Waals surface area contributed by atoms with Gasteiger partial charge in [0.05, 0.1) is 7.11 Å². The topological polar surface area (TPSA) is 67.8 Å². The van der Waals surface area contributed by atoms with Crippen molar-refractivity contribution in [3.05, 3.63) is 53.7 Å². The maximum atomic E-state index is 12.4. The molecule has 0 saturated carbocycles. The number of benzene rings is 1. The summed E-state index contributed by atoms with van der Waals surface area (Å²) in [4.78, 5) is 7.96. The van der Waals surface area contributed by atoms with Gasteiger partial charge in [0.2, 0.25) is 5.88 Å². The van der Waals surface area contributed by atoms with Gasteiger partial charge in [-0.3, -0.25) is 4.99 Å².